The van der Waals surface area contributed by atoms with Gasteiger partial charge in [0.2, 0.25) is 5.91 Å². The van der Waals surface area contributed by atoms with Crippen LogP contribution in [0, 0.1) is 0 Å². The third kappa shape index (κ3) is 4.15. The summed E-state index contributed by atoms with van der Waals surface area (Å²) in [5, 5.41) is 2.87. The number of nitrogens with zero attached hydrogens (tertiary/aromatic N) is 2. The van der Waals surface area contributed by atoms with E-state index in [1.165, 1.54) is 0 Å². The van der Waals surface area contributed by atoms with Crippen LogP contribution in [0.1, 0.15) is 19.0 Å². The molecule has 0 saturated heterocycles. The second-order valence-corrected chi connectivity index (χ2v) is 5.89. The standard InChI is InChI=1S/C19H21N3O3/c1-14-19(24)22(16-7-2-3-8-17(16)25-14)13-10-18(23)21-12-9-15-6-4-5-11-20-15/h2-8,11,14H,9-10,12-13H2,1H3,(H,21,23)/t14-/m1/s1. The van der Waals surface area contributed by atoms with Crippen molar-refractivity contribution in [2.75, 3.05) is 18.0 Å². The van der Waals surface area contributed by atoms with Crippen LogP contribution < -0.4 is 15.0 Å². The first kappa shape index (κ1) is 17.0. The number of benzene rings is 1. The molecule has 6 nitrogen and oxygen atoms in total. The number of nitrogens with one attached hydrogen (secondary N) is 1. The molecule has 0 unspecified atom stereocenters. The quantitative estimate of drug-likeness (QED) is 0.873. The molecule has 1 aromatic carbocycles. The lowest BCUT2D eigenvalue weighted by Gasteiger charge is -2.32. The number of pyridine rings is 1. The van der Waals surface area contributed by atoms with Crippen LogP contribution in [0.25, 0.3) is 0 Å². The maximum Gasteiger partial charge on any atom is 0.267 e. The van der Waals surface area contributed by atoms with Crippen molar-refractivity contribution in [2.45, 2.75) is 25.9 Å². The Bertz CT molecular complexity index is 749. The van der Waals surface area contributed by atoms with Gasteiger partial charge in [0, 0.05) is 37.8 Å². The lowest BCUT2D eigenvalue weighted by Crippen LogP contribution is -2.45. The highest BCUT2D eigenvalue weighted by Gasteiger charge is 2.31. The van der Waals surface area contributed by atoms with E-state index in [-0.39, 0.29) is 18.2 Å². The molecule has 3 rings (SSSR count). The van der Waals surface area contributed by atoms with E-state index in [0.717, 1.165) is 5.69 Å². The first-order valence-electron chi connectivity index (χ1n) is 8.39. The summed E-state index contributed by atoms with van der Waals surface area (Å²) in [6.45, 7) is 2.58. The summed E-state index contributed by atoms with van der Waals surface area (Å²) in [4.78, 5) is 30.3. The molecule has 6 heteroatoms. The summed E-state index contributed by atoms with van der Waals surface area (Å²) in [6, 6.07) is 13.1. The number of para-hydroxylation sites is 2. The van der Waals surface area contributed by atoms with Crippen LogP contribution in [0.2, 0.25) is 0 Å². The molecule has 1 N–H and O–H groups in total. The number of anilines is 1. The molecule has 1 atom stereocenters. The van der Waals surface area contributed by atoms with E-state index in [0.29, 0.717) is 30.9 Å². The third-order valence-corrected chi connectivity index (χ3v) is 4.07. The van der Waals surface area contributed by atoms with Crippen LogP contribution in [0.4, 0.5) is 5.69 Å². The van der Waals surface area contributed by atoms with Gasteiger partial charge in [0.25, 0.3) is 5.91 Å². The summed E-state index contributed by atoms with van der Waals surface area (Å²) in [6.07, 6.45) is 2.12. The minimum atomic E-state index is -0.540. The van der Waals surface area contributed by atoms with Gasteiger partial charge in [-0.3, -0.25) is 14.6 Å². The minimum absolute atomic E-state index is 0.0830. The molecular weight excluding hydrogens is 318 g/mol. The average Bonchev–Trinajstić information content (AvgIpc) is 2.63. The van der Waals surface area contributed by atoms with Crippen LogP contribution in [-0.2, 0) is 16.0 Å². The highest BCUT2D eigenvalue weighted by molar-refractivity contribution is 6.00. The van der Waals surface area contributed by atoms with Crippen molar-refractivity contribution in [1.29, 1.82) is 0 Å². The van der Waals surface area contributed by atoms with Gasteiger partial charge in [-0.2, -0.15) is 0 Å². The Morgan fingerprint density at radius 2 is 2.04 bits per heavy atom. The van der Waals surface area contributed by atoms with Crippen molar-refractivity contribution in [3.8, 4) is 5.75 Å². The number of amides is 2. The molecule has 1 aliphatic heterocycles. The Labute approximate surface area is 146 Å². The Morgan fingerprint density at radius 1 is 1.24 bits per heavy atom. The SMILES string of the molecule is C[C@H]1Oc2ccccc2N(CCC(=O)NCCc2ccccn2)C1=O. The number of rotatable bonds is 6. The fraction of sp³-hybridized carbons (Fsp3) is 0.316. The number of hydrogen-bond donors (Lipinski definition) is 1. The van der Waals surface area contributed by atoms with Crippen LogP contribution >= 0.6 is 0 Å². The number of carbonyl (C=O) groups excluding carboxylic acids is 2. The van der Waals surface area contributed by atoms with E-state index in [9.17, 15) is 9.59 Å². The van der Waals surface area contributed by atoms with Crippen LogP contribution in [-0.4, -0.2) is 36.0 Å². The van der Waals surface area contributed by atoms with Crippen molar-refractivity contribution in [3.63, 3.8) is 0 Å². The predicted molar refractivity (Wildman–Crippen MR) is 94.5 cm³/mol. The van der Waals surface area contributed by atoms with E-state index in [2.05, 4.69) is 10.3 Å². The summed E-state index contributed by atoms with van der Waals surface area (Å²) in [5.41, 5.74) is 1.65. The largest absolute Gasteiger partial charge is 0.479 e. The van der Waals surface area contributed by atoms with Gasteiger partial charge in [0.1, 0.15) is 5.75 Å². The van der Waals surface area contributed by atoms with Crippen LogP contribution in [0.5, 0.6) is 5.75 Å². The topological polar surface area (TPSA) is 71.5 Å². The maximum absolute atomic E-state index is 12.4. The lowest BCUT2D eigenvalue weighted by atomic mass is 10.1. The zero-order valence-electron chi connectivity index (χ0n) is 14.1. The molecule has 0 saturated carbocycles. The molecule has 0 radical (unpaired) electrons. The summed E-state index contributed by atoms with van der Waals surface area (Å²) in [5.74, 6) is 0.463. The number of fused-ring (bicyclic) bond motifs is 1. The van der Waals surface area contributed by atoms with E-state index in [1.54, 1.807) is 18.0 Å². The molecular formula is C19H21N3O3. The average molecular weight is 339 g/mol. The van der Waals surface area contributed by atoms with Crippen molar-refractivity contribution in [1.82, 2.24) is 10.3 Å². The smallest absolute Gasteiger partial charge is 0.267 e. The Kier molecular flexibility index (Phi) is 5.28. The van der Waals surface area contributed by atoms with Crippen molar-refractivity contribution in [3.05, 3.63) is 54.4 Å². The van der Waals surface area contributed by atoms with Crippen molar-refractivity contribution >= 4 is 17.5 Å². The van der Waals surface area contributed by atoms with Gasteiger partial charge in [-0.25, -0.2) is 0 Å². The fourth-order valence-corrected chi connectivity index (χ4v) is 2.77. The first-order valence-corrected chi connectivity index (χ1v) is 8.39. The number of ether oxygens (including phenoxy) is 1. The minimum Gasteiger partial charge on any atom is -0.479 e. The summed E-state index contributed by atoms with van der Waals surface area (Å²) in [7, 11) is 0. The summed E-state index contributed by atoms with van der Waals surface area (Å²) < 4.78 is 5.60. The van der Waals surface area contributed by atoms with Gasteiger partial charge in [0.15, 0.2) is 6.10 Å². The second kappa shape index (κ2) is 7.79. The van der Waals surface area contributed by atoms with Crippen molar-refractivity contribution < 1.29 is 14.3 Å². The molecule has 130 valence electrons. The zero-order valence-corrected chi connectivity index (χ0v) is 14.1. The van der Waals surface area contributed by atoms with Gasteiger partial charge in [-0.15, -0.1) is 0 Å². The number of carbonyl (C=O) groups is 2. The van der Waals surface area contributed by atoms with E-state index < -0.39 is 6.10 Å². The Hall–Kier alpha value is -2.89. The van der Waals surface area contributed by atoms with Gasteiger partial charge >= 0.3 is 0 Å². The van der Waals surface area contributed by atoms with Gasteiger partial charge in [-0.1, -0.05) is 18.2 Å². The van der Waals surface area contributed by atoms with Crippen LogP contribution in [0.15, 0.2) is 48.7 Å². The van der Waals surface area contributed by atoms with Crippen molar-refractivity contribution in [2.24, 2.45) is 0 Å². The molecule has 0 aliphatic carbocycles. The Balaban J connectivity index is 1.52. The van der Waals surface area contributed by atoms with Crippen LogP contribution in [0.3, 0.4) is 0 Å². The molecule has 2 aromatic rings. The number of aromatic nitrogens is 1. The molecule has 0 fully saturated rings. The normalized spacial score (nSPS) is 16.1. The van der Waals surface area contributed by atoms with Gasteiger partial charge in [-0.05, 0) is 31.2 Å². The van der Waals surface area contributed by atoms with Gasteiger partial charge < -0.3 is 15.0 Å². The summed E-state index contributed by atoms with van der Waals surface area (Å²) >= 11 is 0. The number of hydrogen-bond acceptors (Lipinski definition) is 4. The highest BCUT2D eigenvalue weighted by atomic mass is 16.5. The van der Waals surface area contributed by atoms with Gasteiger partial charge in [0.05, 0.1) is 5.69 Å². The third-order valence-electron chi connectivity index (χ3n) is 4.07. The van der Waals surface area contributed by atoms with E-state index >= 15 is 0 Å². The highest BCUT2D eigenvalue weighted by Crippen LogP contribution is 2.33. The molecule has 0 spiro atoms. The maximum atomic E-state index is 12.4. The van der Waals surface area contributed by atoms with E-state index in [1.807, 2.05) is 42.5 Å². The molecule has 1 aliphatic rings. The lowest BCUT2D eigenvalue weighted by molar-refractivity contribution is -0.125. The zero-order chi connectivity index (χ0) is 17.6. The molecule has 0 bridgehead atoms. The first-order chi connectivity index (χ1) is 12.1. The monoisotopic (exact) mass is 339 g/mol. The predicted octanol–water partition coefficient (Wildman–Crippen LogP) is 1.94. The van der Waals surface area contributed by atoms with E-state index in [4.69, 9.17) is 4.74 Å². The second-order valence-electron chi connectivity index (χ2n) is 5.89. The molecule has 2 heterocycles. The Morgan fingerprint density at radius 3 is 2.84 bits per heavy atom. The molecule has 2 amide bonds. The molecule has 1 aromatic heterocycles. The molecule has 25 heavy (non-hydrogen) atoms. The fourth-order valence-electron chi connectivity index (χ4n) is 2.77.